The smallest absolute Gasteiger partial charge is 0.263 e. The molecule has 0 N–H and O–H groups in total. The van der Waals surface area contributed by atoms with Crippen molar-refractivity contribution in [3.63, 3.8) is 0 Å². The van der Waals surface area contributed by atoms with Crippen molar-refractivity contribution in [3.05, 3.63) is 59.1 Å². The fourth-order valence-corrected chi connectivity index (χ4v) is 5.48. The summed E-state index contributed by atoms with van der Waals surface area (Å²) in [6.07, 6.45) is 3.67. The number of fused-ring (bicyclic) bond motifs is 1. The Hall–Kier alpha value is -2.25. The van der Waals surface area contributed by atoms with Crippen LogP contribution in [-0.4, -0.2) is 51.2 Å². The summed E-state index contributed by atoms with van der Waals surface area (Å²) in [6.45, 7) is 1.56. The van der Waals surface area contributed by atoms with Crippen molar-refractivity contribution in [2.24, 2.45) is 5.92 Å². The van der Waals surface area contributed by atoms with Gasteiger partial charge in [-0.15, -0.1) is 0 Å². The number of anilines is 1. The number of sulfonamides is 1. The van der Waals surface area contributed by atoms with Crippen LogP contribution in [0.5, 0.6) is 5.75 Å². The first-order valence-corrected chi connectivity index (χ1v) is 12.8. The number of rotatable bonds is 4. The van der Waals surface area contributed by atoms with Gasteiger partial charge in [-0.05, 0) is 48.9 Å². The van der Waals surface area contributed by atoms with Crippen LogP contribution in [0.4, 0.5) is 5.69 Å². The molecule has 2 aliphatic heterocycles. The molecule has 1 amide bonds. The maximum absolute atomic E-state index is 13.2. The van der Waals surface area contributed by atoms with Gasteiger partial charge in [0.1, 0.15) is 5.75 Å². The number of piperidine rings is 1. The van der Waals surface area contributed by atoms with Crippen molar-refractivity contribution in [1.82, 2.24) is 4.90 Å². The van der Waals surface area contributed by atoms with Crippen molar-refractivity contribution < 1.29 is 17.9 Å². The van der Waals surface area contributed by atoms with Crippen LogP contribution in [0, 0.1) is 5.92 Å². The molecule has 0 bridgehead atoms. The van der Waals surface area contributed by atoms with Crippen molar-refractivity contribution >= 4 is 33.2 Å². The molecule has 2 aromatic rings. The zero-order chi connectivity index (χ0) is 22.0. The standard InChI is InChI=1S/C23H27ClN2O4S/c1-31(28,29)26-14-11-22(30-21-8-7-19(24)16-20(21)26)23(27)25-12-9-18(10-13-25)15-17-5-3-2-4-6-17/h2-8,16,18,22H,9-15H2,1H3. The van der Waals surface area contributed by atoms with Crippen LogP contribution >= 0.6 is 11.6 Å². The Morgan fingerprint density at radius 3 is 2.45 bits per heavy atom. The third-order valence-corrected chi connectivity index (χ3v) is 7.44. The van der Waals surface area contributed by atoms with Gasteiger partial charge in [-0.1, -0.05) is 41.9 Å². The summed E-state index contributed by atoms with van der Waals surface area (Å²) >= 11 is 6.09. The Morgan fingerprint density at radius 1 is 1.06 bits per heavy atom. The van der Waals surface area contributed by atoms with Crippen LogP contribution < -0.4 is 9.04 Å². The number of carbonyl (C=O) groups excluding carboxylic acids is 1. The van der Waals surface area contributed by atoms with Crippen LogP contribution in [0.3, 0.4) is 0 Å². The van der Waals surface area contributed by atoms with Crippen LogP contribution in [0.25, 0.3) is 0 Å². The number of likely N-dealkylation sites (tertiary alicyclic amines) is 1. The minimum Gasteiger partial charge on any atom is -0.478 e. The molecule has 2 heterocycles. The molecule has 6 nitrogen and oxygen atoms in total. The fraction of sp³-hybridized carbons (Fsp3) is 0.435. The Balaban J connectivity index is 1.43. The third-order valence-electron chi connectivity index (χ3n) is 6.02. The topological polar surface area (TPSA) is 66.9 Å². The molecular formula is C23H27ClN2O4S. The van der Waals surface area contributed by atoms with E-state index in [4.69, 9.17) is 16.3 Å². The van der Waals surface area contributed by atoms with Gasteiger partial charge < -0.3 is 9.64 Å². The predicted molar refractivity (Wildman–Crippen MR) is 122 cm³/mol. The average Bonchev–Trinajstić information content (AvgIpc) is 2.94. The average molecular weight is 463 g/mol. The zero-order valence-corrected chi connectivity index (χ0v) is 19.1. The summed E-state index contributed by atoms with van der Waals surface area (Å²) in [4.78, 5) is 15.1. The van der Waals surface area contributed by atoms with Gasteiger partial charge >= 0.3 is 0 Å². The highest BCUT2D eigenvalue weighted by Gasteiger charge is 2.34. The molecule has 31 heavy (non-hydrogen) atoms. The second-order valence-electron chi connectivity index (χ2n) is 8.30. The summed E-state index contributed by atoms with van der Waals surface area (Å²) in [5, 5.41) is 0.418. The van der Waals surface area contributed by atoms with Crippen molar-refractivity contribution in [1.29, 1.82) is 0 Å². The van der Waals surface area contributed by atoms with Gasteiger partial charge in [0.2, 0.25) is 10.0 Å². The minimum absolute atomic E-state index is 0.0746. The van der Waals surface area contributed by atoms with Crippen molar-refractivity contribution in [2.75, 3.05) is 30.2 Å². The van der Waals surface area contributed by atoms with Gasteiger partial charge in [0, 0.05) is 31.1 Å². The SMILES string of the molecule is CS(=O)(=O)N1CCC(C(=O)N2CCC(Cc3ccccc3)CC2)Oc2ccc(Cl)cc21. The lowest BCUT2D eigenvalue weighted by molar-refractivity contribution is -0.140. The summed E-state index contributed by atoms with van der Waals surface area (Å²) in [6, 6.07) is 15.3. The Kier molecular flexibility index (Phi) is 6.44. The minimum atomic E-state index is -3.52. The number of hydrogen-bond acceptors (Lipinski definition) is 4. The van der Waals surface area contributed by atoms with Gasteiger partial charge in [0.05, 0.1) is 11.9 Å². The summed E-state index contributed by atoms with van der Waals surface area (Å²) in [7, 11) is -3.52. The predicted octanol–water partition coefficient (Wildman–Crippen LogP) is 3.74. The van der Waals surface area contributed by atoms with E-state index < -0.39 is 16.1 Å². The highest BCUT2D eigenvalue weighted by molar-refractivity contribution is 7.92. The number of carbonyl (C=O) groups is 1. The van der Waals surface area contributed by atoms with E-state index in [0.29, 0.717) is 41.9 Å². The molecule has 2 aliphatic rings. The summed E-state index contributed by atoms with van der Waals surface area (Å²) < 4.78 is 31.9. The van der Waals surface area contributed by atoms with E-state index in [2.05, 4.69) is 24.3 Å². The van der Waals surface area contributed by atoms with E-state index in [9.17, 15) is 13.2 Å². The molecule has 1 fully saturated rings. The molecule has 4 rings (SSSR count). The second kappa shape index (κ2) is 9.09. The highest BCUT2D eigenvalue weighted by Crippen LogP contribution is 2.36. The lowest BCUT2D eigenvalue weighted by atomic mass is 9.90. The molecule has 1 saturated heterocycles. The van der Waals surface area contributed by atoms with E-state index in [1.807, 2.05) is 11.0 Å². The number of benzene rings is 2. The van der Waals surface area contributed by atoms with Crippen LogP contribution in [0.2, 0.25) is 5.02 Å². The highest BCUT2D eigenvalue weighted by atomic mass is 35.5. The molecule has 0 aliphatic carbocycles. The molecule has 166 valence electrons. The first-order valence-electron chi connectivity index (χ1n) is 10.6. The van der Waals surface area contributed by atoms with Crippen LogP contribution in [0.15, 0.2) is 48.5 Å². The Bertz CT molecular complexity index is 1040. The number of hydrogen-bond donors (Lipinski definition) is 0. The first-order chi connectivity index (χ1) is 14.8. The largest absolute Gasteiger partial charge is 0.478 e. The molecule has 8 heteroatoms. The van der Waals surface area contributed by atoms with Crippen molar-refractivity contribution in [2.45, 2.75) is 31.8 Å². The van der Waals surface area contributed by atoms with E-state index >= 15 is 0 Å². The number of halogens is 1. The van der Waals surface area contributed by atoms with E-state index in [-0.39, 0.29) is 12.5 Å². The fourth-order valence-electron chi connectivity index (χ4n) is 4.38. The maximum atomic E-state index is 13.2. The zero-order valence-electron chi connectivity index (χ0n) is 17.5. The number of amides is 1. The molecule has 0 aromatic heterocycles. The second-order valence-corrected chi connectivity index (χ2v) is 10.6. The molecule has 0 radical (unpaired) electrons. The van der Waals surface area contributed by atoms with Gasteiger partial charge in [0.25, 0.3) is 5.91 Å². The monoisotopic (exact) mass is 462 g/mol. The lowest BCUT2D eigenvalue weighted by Crippen LogP contribution is -2.46. The lowest BCUT2D eigenvalue weighted by Gasteiger charge is -2.34. The number of nitrogens with zero attached hydrogens (tertiary/aromatic N) is 2. The quantitative estimate of drug-likeness (QED) is 0.694. The molecule has 0 saturated carbocycles. The van der Waals surface area contributed by atoms with E-state index in [1.54, 1.807) is 18.2 Å². The molecule has 1 unspecified atom stereocenters. The summed E-state index contributed by atoms with van der Waals surface area (Å²) in [5.41, 5.74) is 1.71. The molecule has 0 spiro atoms. The van der Waals surface area contributed by atoms with Crippen molar-refractivity contribution in [3.8, 4) is 5.75 Å². The van der Waals surface area contributed by atoms with E-state index in [1.165, 1.54) is 9.87 Å². The normalized spacial score (nSPS) is 20.0. The maximum Gasteiger partial charge on any atom is 0.263 e. The van der Waals surface area contributed by atoms with Gasteiger partial charge in [-0.2, -0.15) is 0 Å². The Morgan fingerprint density at radius 2 is 1.77 bits per heavy atom. The van der Waals surface area contributed by atoms with Gasteiger partial charge in [-0.25, -0.2) is 8.42 Å². The summed E-state index contributed by atoms with van der Waals surface area (Å²) in [5.74, 6) is 0.851. The molecule has 2 aromatic carbocycles. The van der Waals surface area contributed by atoms with Gasteiger partial charge in [-0.3, -0.25) is 9.10 Å². The van der Waals surface area contributed by atoms with E-state index in [0.717, 1.165) is 25.5 Å². The third kappa shape index (κ3) is 5.15. The molecule has 1 atom stereocenters. The van der Waals surface area contributed by atoms with Crippen LogP contribution in [-0.2, 0) is 21.2 Å². The number of ether oxygens (including phenoxy) is 1. The molecular weight excluding hydrogens is 436 g/mol. The first kappa shape index (κ1) is 22.0. The van der Waals surface area contributed by atoms with Gasteiger partial charge in [0.15, 0.2) is 6.10 Å². The Labute approximate surface area is 188 Å². The van der Waals surface area contributed by atoms with Crippen LogP contribution in [0.1, 0.15) is 24.8 Å².